The van der Waals surface area contributed by atoms with Crippen LogP contribution in [0.4, 0.5) is 4.39 Å². The first-order chi connectivity index (χ1) is 9.61. The predicted octanol–water partition coefficient (Wildman–Crippen LogP) is 4.54. The van der Waals surface area contributed by atoms with Crippen LogP contribution < -0.4 is 10.1 Å². The maximum atomic E-state index is 13.5. The average molecular weight is 360 g/mol. The first-order valence-electron chi connectivity index (χ1n) is 6.07. The lowest BCUT2D eigenvalue weighted by Crippen LogP contribution is -2.12. The van der Waals surface area contributed by atoms with Crippen molar-refractivity contribution >= 4 is 27.5 Å². The summed E-state index contributed by atoms with van der Waals surface area (Å²) in [5.74, 6) is 0.478. The van der Waals surface area contributed by atoms with E-state index in [2.05, 4.69) is 26.2 Å². The smallest absolute Gasteiger partial charge is 0.145 e. The van der Waals surface area contributed by atoms with E-state index in [1.54, 1.807) is 18.5 Å². The lowest BCUT2D eigenvalue weighted by atomic mass is 10.2. The van der Waals surface area contributed by atoms with Crippen LogP contribution in [0.5, 0.6) is 11.5 Å². The number of hydrogen-bond donors (Lipinski definition) is 1. The van der Waals surface area contributed by atoms with Crippen LogP contribution in [0.15, 0.2) is 35.1 Å². The summed E-state index contributed by atoms with van der Waals surface area (Å²) < 4.78 is 19.8. The molecule has 106 valence electrons. The first-order valence-corrected chi connectivity index (χ1v) is 7.25. The number of rotatable bonds is 5. The van der Waals surface area contributed by atoms with Gasteiger partial charge in [0, 0.05) is 30.6 Å². The Bertz CT molecular complexity index is 610. The number of nitrogens with zero attached hydrogens (tertiary/aromatic N) is 1. The average Bonchev–Trinajstić information content (AvgIpc) is 2.44. The summed E-state index contributed by atoms with van der Waals surface area (Å²) in [4.78, 5) is 4.07. The molecule has 0 aliphatic rings. The van der Waals surface area contributed by atoms with Crippen LogP contribution in [0.1, 0.15) is 12.5 Å². The summed E-state index contributed by atoms with van der Waals surface area (Å²) in [6.07, 6.45) is 3.35. The second kappa shape index (κ2) is 7.02. The van der Waals surface area contributed by atoms with Gasteiger partial charge >= 0.3 is 0 Å². The maximum Gasteiger partial charge on any atom is 0.145 e. The quantitative estimate of drug-likeness (QED) is 0.796. The lowest BCUT2D eigenvalue weighted by Gasteiger charge is -2.12. The van der Waals surface area contributed by atoms with Crippen molar-refractivity contribution in [2.45, 2.75) is 13.5 Å². The van der Waals surface area contributed by atoms with Crippen LogP contribution in [-0.4, -0.2) is 11.5 Å². The molecule has 0 amide bonds. The minimum atomic E-state index is -0.521. The van der Waals surface area contributed by atoms with Gasteiger partial charge in [0.1, 0.15) is 17.3 Å². The van der Waals surface area contributed by atoms with E-state index in [1.807, 2.05) is 6.92 Å². The second-order valence-corrected chi connectivity index (χ2v) is 5.32. The minimum absolute atomic E-state index is 0.0480. The number of ether oxygens (including phenoxy) is 1. The van der Waals surface area contributed by atoms with Gasteiger partial charge in [-0.3, -0.25) is 4.98 Å². The summed E-state index contributed by atoms with van der Waals surface area (Å²) in [5, 5.41) is 3.25. The van der Waals surface area contributed by atoms with E-state index in [0.29, 0.717) is 22.5 Å². The Kier molecular flexibility index (Phi) is 5.34. The molecule has 1 heterocycles. The number of nitrogens with one attached hydrogen (secondary N) is 1. The normalized spacial score (nSPS) is 10.6. The van der Waals surface area contributed by atoms with E-state index in [9.17, 15) is 4.39 Å². The summed E-state index contributed by atoms with van der Waals surface area (Å²) in [6.45, 7) is 3.49. The third-order valence-corrected chi connectivity index (χ3v) is 3.53. The van der Waals surface area contributed by atoms with Crippen molar-refractivity contribution in [1.29, 1.82) is 0 Å². The van der Waals surface area contributed by atoms with Gasteiger partial charge in [0.25, 0.3) is 0 Å². The number of pyridine rings is 1. The van der Waals surface area contributed by atoms with Crippen LogP contribution in [0, 0.1) is 5.82 Å². The molecule has 2 rings (SSSR count). The molecule has 6 heteroatoms. The molecule has 0 fully saturated rings. The van der Waals surface area contributed by atoms with Crippen molar-refractivity contribution in [2.75, 3.05) is 6.54 Å². The van der Waals surface area contributed by atoms with Crippen molar-refractivity contribution in [2.24, 2.45) is 0 Å². The number of halogens is 3. The standard InChI is InChI=1S/C14H13BrClFN2O/c1-2-18-7-9-8-19-4-3-13(9)20-14-6-12(17)11(16)5-10(14)15/h3-6,8,18H,2,7H2,1H3. The zero-order chi connectivity index (χ0) is 14.5. The van der Waals surface area contributed by atoms with E-state index < -0.39 is 5.82 Å². The Morgan fingerprint density at radius 3 is 2.95 bits per heavy atom. The highest BCUT2D eigenvalue weighted by atomic mass is 79.9. The summed E-state index contributed by atoms with van der Waals surface area (Å²) in [5.41, 5.74) is 0.900. The third kappa shape index (κ3) is 3.69. The molecule has 0 unspecified atom stereocenters. The molecule has 1 aromatic carbocycles. The van der Waals surface area contributed by atoms with Crippen LogP contribution in [0.25, 0.3) is 0 Å². The highest BCUT2D eigenvalue weighted by Crippen LogP contribution is 2.34. The zero-order valence-corrected chi connectivity index (χ0v) is 13.1. The Labute approximate surface area is 130 Å². The van der Waals surface area contributed by atoms with Gasteiger partial charge in [0.2, 0.25) is 0 Å². The van der Waals surface area contributed by atoms with Crippen molar-refractivity contribution < 1.29 is 9.13 Å². The Balaban J connectivity index is 2.28. The highest BCUT2D eigenvalue weighted by molar-refractivity contribution is 9.10. The van der Waals surface area contributed by atoms with Gasteiger partial charge in [-0.05, 0) is 34.6 Å². The molecular formula is C14H13BrClFN2O. The van der Waals surface area contributed by atoms with Gasteiger partial charge in [-0.1, -0.05) is 18.5 Å². The fourth-order valence-electron chi connectivity index (χ4n) is 1.61. The monoisotopic (exact) mass is 358 g/mol. The highest BCUT2D eigenvalue weighted by Gasteiger charge is 2.11. The molecule has 0 aliphatic carbocycles. The molecule has 0 aliphatic heterocycles. The lowest BCUT2D eigenvalue weighted by molar-refractivity contribution is 0.464. The van der Waals surface area contributed by atoms with Crippen molar-refractivity contribution in [3.63, 3.8) is 0 Å². The Morgan fingerprint density at radius 1 is 1.40 bits per heavy atom. The minimum Gasteiger partial charge on any atom is -0.456 e. The van der Waals surface area contributed by atoms with Crippen LogP contribution >= 0.6 is 27.5 Å². The second-order valence-electron chi connectivity index (χ2n) is 4.06. The molecular weight excluding hydrogens is 347 g/mol. The fourth-order valence-corrected chi connectivity index (χ4v) is 2.33. The maximum absolute atomic E-state index is 13.5. The van der Waals surface area contributed by atoms with Crippen LogP contribution in [0.2, 0.25) is 5.02 Å². The molecule has 0 bridgehead atoms. The van der Waals surface area contributed by atoms with Gasteiger partial charge in [-0.15, -0.1) is 0 Å². The summed E-state index contributed by atoms with van der Waals surface area (Å²) in [6, 6.07) is 4.47. The van der Waals surface area contributed by atoms with Gasteiger partial charge in [0.05, 0.1) is 9.50 Å². The SMILES string of the molecule is CCNCc1cnccc1Oc1cc(F)c(Cl)cc1Br. The third-order valence-electron chi connectivity index (χ3n) is 2.62. The van der Waals surface area contributed by atoms with Crippen LogP contribution in [-0.2, 0) is 6.54 Å². The molecule has 0 spiro atoms. The van der Waals surface area contributed by atoms with E-state index in [4.69, 9.17) is 16.3 Å². The first kappa shape index (κ1) is 15.2. The van der Waals surface area contributed by atoms with Crippen molar-refractivity contribution in [3.05, 3.63) is 51.5 Å². The fraction of sp³-hybridized carbons (Fsp3) is 0.214. The molecule has 0 saturated heterocycles. The van der Waals surface area contributed by atoms with E-state index >= 15 is 0 Å². The molecule has 2 aromatic rings. The predicted molar refractivity (Wildman–Crippen MR) is 80.8 cm³/mol. The van der Waals surface area contributed by atoms with Gasteiger partial charge in [-0.2, -0.15) is 0 Å². The molecule has 1 N–H and O–H groups in total. The molecule has 1 aromatic heterocycles. The number of aromatic nitrogens is 1. The van der Waals surface area contributed by atoms with Crippen molar-refractivity contribution in [1.82, 2.24) is 10.3 Å². The van der Waals surface area contributed by atoms with Gasteiger partial charge in [0.15, 0.2) is 0 Å². The van der Waals surface area contributed by atoms with Gasteiger partial charge < -0.3 is 10.1 Å². The Hall–Kier alpha value is -1.17. The summed E-state index contributed by atoms with van der Waals surface area (Å²) >= 11 is 9.02. The largest absolute Gasteiger partial charge is 0.456 e. The van der Waals surface area contributed by atoms with E-state index in [1.165, 1.54) is 12.1 Å². The Morgan fingerprint density at radius 2 is 2.20 bits per heavy atom. The van der Waals surface area contributed by atoms with Crippen LogP contribution in [0.3, 0.4) is 0 Å². The topological polar surface area (TPSA) is 34.2 Å². The van der Waals surface area contributed by atoms with Gasteiger partial charge in [-0.25, -0.2) is 4.39 Å². The number of benzene rings is 1. The van der Waals surface area contributed by atoms with E-state index in [0.717, 1.165) is 12.1 Å². The molecule has 0 atom stereocenters. The van der Waals surface area contributed by atoms with Crippen molar-refractivity contribution in [3.8, 4) is 11.5 Å². The molecule has 20 heavy (non-hydrogen) atoms. The molecule has 3 nitrogen and oxygen atoms in total. The van der Waals surface area contributed by atoms with E-state index in [-0.39, 0.29) is 5.02 Å². The number of hydrogen-bond acceptors (Lipinski definition) is 3. The zero-order valence-electron chi connectivity index (χ0n) is 10.8. The summed E-state index contributed by atoms with van der Waals surface area (Å²) in [7, 11) is 0. The molecule has 0 radical (unpaired) electrons. The molecule has 0 saturated carbocycles.